The van der Waals surface area contributed by atoms with E-state index in [2.05, 4.69) is 5.43 Å². The molecule has 4 rings (SSSR count). The number of nitrogens with two attached hydrogens (primary N) is 1. The van der Waals surface area contributed by atoms with Gasteiger partial charge in [-0.05, 0) is 35.4 Å². The Morgan fingerprint density at radius 2 is 1.92 bits per heavy atom. The number of carbonyl (C=O) groups excluding carboxylic acids is 1. The summed E-state index contributed by atoms with van der Waals surface area (Å²) in [6.07, 6.45) is 0.397. The van der Waals surface area contributed by atoms with Crippen LogP contribution in [0.15, 0.2) is 54.6 Å². The van der Waals surface area contributed by atoms with Crippen molar-refractivity contribution in [2.24, 2.45) is 5.84 Å². The monoisotopic (exact) mass is 333 g/mol. The highest BCUT2D eigenvalue weighted by Crippen LogP contribution is 2.38. The van der Waals surface area contributed by atoms with Gasteiger partial charge in [-0.3, -0.25) is 10.6 Å². The predicted molar refractivity (Wildman–Crippen MR) is 99.6 cm³/mol. The number of benzene rings is 3. The van der Waals surface area contributed by atoms with E-state index in [9.17, 15) is 4.79 Å². The molecule has 1 amide bonds. The molecule has 0 spiro atoms. The molecule has 0 aromatic heterocycles. The van der Waals surface area contributed by atoms with E-state index in [-0.39, 0.29) is 5.91 Å². The molecule has 0 bridgehead atoms. The van der Waals surface area contributed by atoms with Gasteiger partial charge in [0.05, 0.1) is 31.5 Å². The second-order valence-electron chi connectivity index (χ2n) is 6.12. The van der Waals surface area contributed by atoms with Gasteiger partial charge < -0.3 is 15.1 Å². The molecule has 3 aromatic carbocycles. The Bertz CT molecular complexity index is 951. The smallest absolute Gasteiger partial charge is 0.231 e. The van der Waals surface area contributed by atoms with Crippen LogP contribution in [0.3, 0.4) is 0 Å². The molecule has 1 aliphatic heterocycles. The number of nitrogen functional groups attached to an aromatic ring is 1. The zero-order valence-corrected chi connectivity index (χ0v) is 14.0. The first-order chi connectivity index (χ1) is 12.2. The Morgan fingerprint density at radius 3 is 2.64 bits per heavy atom. The maximum Gasteiger partial charge on any atom is 0.231 e. The molecule has 5 heteroatoms. The van der Waals surface area contributed by atoms with Crippen molar-refractivity contribution >= 4 is 28.1 Å². The zero-order valence-electron chi connectivity index (χ0n) is 14.0. The minimum absolute atomic E-state index is 0.101. The average molecular weight is 333 g/mol. The third-order valence-electron chi connectivity index (χ3n) is 4.69. The van der Waals surface area contributed by atoms with Crippen LogP contribution in [-0.4, -0.2) is 13.0 Å². The second kappa shape index (κ2) is 6.11. The van der Waals surface area contributed by atoms with Crippen molar-refractivity contribution in [3.63, 3.8) is 0 Å². The predicted octanol–water partition coefficient (Wildman–Crippen LogP) is 3.22. The largest absolute Gasteiger partial charge is 0.497 e. The number of ether oxygens (including phenoxy) is 1. The van der Waals surface area contributed by atoms with Gasteiger partial charge in [-0.15, -0.1) is 0 Å². The quantitative estimate of drug-likeness (QED) is 0.568. The van der Waals surface area contributed by atoms with Crippen LogP contribution in [0.4, 0.5) is 11.4 Å². The van der Waals surface area contributed by atoms with Crippen LogP contribution in [0.1, 0.15) is 11.1 Å². The minimum atomic E-state index is 0.101. The van der Waals surface area contributed by atoms with Crippen molar-refractivity contribution in [3.05, 3.63) is 65.7 Å². The van der Waals surface area contributed by atoms with Crippen LogP contribution in [0.5, 0.6) is 5.75 Å². The summed E-state index contributed by atoms with van der Waals surface area (Å²) >= 11 is 0. The summed E-state index contributed by atoms with van der Waals surface area (Å²) in [4.78, 5) is 14.6. The SMILES string of the molecule is COc1ccc(CN2C(=O)Cc3ccc(NN)c4cccc2c34)cc1. The molecule has 126 valence electrons. The highest BCUT2D eigenvalue weighted by molar-refractivity contribution is 6.13. The average Bonchev–Trinajstić information content (AvgIpc) is 2.65. The lowest BCUT2D eigenvalue weighted by Gasteiger charge is -2.30. The van der Waals surface area contributed by atoms with Gasteiger partial charge in [-0.1, -0.05) is 30.3 Å². The van der Waals surface area contributed by atoms with E-state index in [0.29, 0.717) is 13.0 Å². The number of hydrazine groups is 1. The van der Waals surface area contributed by atoms with Crippen LogP contribution < -0.4 is 20.9 Å². The Hall–Kier alpha value is -3.05. The third-order valence-corrected chi connectivity index (χ3v) is 4.69. The van der Waals surface area contributed by atoms with Crippen molar-refractivity contribution in [2.75, 3.05) is 17.4 Å². The molecule has 0 fully saturated rings. The fourth-order valence-electron chi connectivity index (χ4n) is 3.44. The fraction of sp³-hybridized carbons (Fsp3) is 0.150. The molecule has 0 radical (unpaired) electrons. The summed E-state index contributed by atoms with van der Waals surface area (Å²) in [5, 5.41) is 2.12. The molecule has 0 unspecified atom stereocenters. The summed E-state index contributed by atoms with van der Waals surface area (Å²) < 4.78 is 5.20. The fourth-order valence-corrected chi connectivity index (χ4v) is 3.44. The highest BCUT2D eigenvalue weighted by atomic mass is 16.5. The van der Waals surface area contributed by atoms with Crippen molar-refractivity contribution in [1.29, 1.82) is 0 Å². The number of nitrogens with one attached hydrogen (secondary N) is 1. The van der Waals surface area contributed by atoms with Crippen molar-refractivity contribution in [1.82, 2.24) is 0 Å². The van der Waals surface area contributed by atoms with E-state index in [1.54, 1.807) is 7.11 Å². The Kier molecular flexibility index (Phi) is 3.78. The van der Waals surface area contributed by atoms with Crippen LogP contribution in [-0.2, 0) is 17.8 Å². The Balaban J connectivity index is 1.79. The van der Waals surface area contributed by atoms with Gasteiger partial charge in [0, 0.05) is 10.8 Å². The van der Waals surface area contributed by atoms with Crippen LogP contribution >= 0.6 is 0 Å². The van der Waals surface area contributed by atoms with E-state index >= 15 is 0 Å². The lowest BCUT2D eigenvalue weighted by molar-refractivity contribution is -0.118. The van der Waals surface area contributed by atoms with E-state index < -0.39 is 0 Å². The Labute approximate surface area is 146 Å². The molecule has 1 heterocycles. The van der Waals surface area contributed by atoms with Crippen LogP contribution in [0.2, 0.25) is 0 Å². The molecule has 1 aliphatic rings. The van der Waals surface area contributed by atoms with E-state index in [1.165, 1.54) is 0 Å². The van der Waals surface area contributed by atoms with Gasteiger partial charge in [0.15, 0.2) is 0 Å². The molecule has 0 atom stereocenters. The number of hydrogen-bond acceptors (Lipinski definition) is 4. The standard InChI is InChI=1S/C20H19N3O2/c1-25-15-8-5-13(6-9-15)12-23-18-4-2-3-16-17(22-21)10-7-14(20(16)18)11-19(23)24/h2-10,22H,11-12,21H2,1H3. The Morgan fingerprint density at radius 1 is 1.12 bits per heavy atom. The van der Waals surface area contributed by atoms with E-state index in [1.807, 2.05) is 59.5 Å². The molecule has 0 saturated heterocycles. The summed E-state index contributed by atoms with van der Waals surface area (Å²) in [5.41, 5.74) is 6.63. The summed E-state index contributed by atoms with van der Waals surface area (Å²) in [7, 11) is 1.64. The molecule has 25 heavy (non-hydrogen) atoms. The maximum absolute atomic E-state index is 12.7. The number of carbonyl (C=O) groups is 1. The number of anilines is 2. The first-order valence-corrected chi connectivity index (χ1v) is 8.16. The number of amides is 1. The van der Waals surface area contributed by atoms with Gasteiger partial charge in [0.1, 0.15) is 5.75 Å². The molecule has 5 nitrogen and oxygen atoms in total. The van der Waals surface area contributed by atoms with Crippen molar-refractivity contribution in [3.8, 4) is 5.75 Å². The van der Waals surface area contributed by atoms with Crippen molar-refractivity contribution < 1.29 is 9.53 Å². The summed E-state index contributed by atoms with van der Waals surface area (Å²) in [6, 6.07) is 17.7. The first kappa shape index (κ1) is 15.5. The molecule has 3 N–H and O–H groups in total. The van der Waals surface area contributed by atoms with Crippen LogP contribution in [0, 0.1) is 0 Å². The number of nitrogens with zero attached hydrogens (tertiary/aromatic N) is 1. The molecular formula is C20H19N3O2. The van der Waals surface area contributed by atoms with Crippen molar-refractivity contribution in [2.45, 2.75) is 13.0 Å². The lowest BCUT2D eigenvalue weighted by Crippen LogP contribution is -2.34. The summed E-state index contributed by atoms with van der Waals surface area (Å²) in [5.74, 6) is 6.55. The normalized spacial score (nSPS) is 13.2. The third kappa shape index (κ3) is 2.58. The zero-order chi connectivity index (χ0) is 17.4. The van der Waals surface area contributed by atoms with E-state index in [4.69, 9.17) is 10.6 Å². The second-order valence-corrected chi connectivity index (χ2v) is 6.12. The topological polar surface area (TPSA) is 67.6 Å². The number of rotatable bonds is 4. The van der Waals surface area contributed by atoms with Gasteiger partial charge in [0.25, 0.3) is 0 Å². The van der Waals surface area contributed by atoms with Crippen LogP contribution in [0.25, 0.3) is 10.8 Å². The van der Waals surface area contributed by atoms with Gasteiger partial charge >= 0.3 is 0 Å². The minimum Gasteiger partial charge on any atom is -0.497 e. The van der Waals surface area contributed by atoms with Gasteiger partial charge in [-0.2, -0.15) is 0 Å². The number of methoxy groups -OCH3 is 1. The molecular weight excluding hydrogens is 314 g/mol. The van der Waals surface area contributed by atoms with Gasteiger partial charge in [0.2, 0.25) is 5.91 Å². The maximum atomic E-state index is 12.7. The lowest BCUT2D eigenvalue weighted by atomic mass is 9.94. The molecule has 3 aromatic rings. The van der Waals surface area contributed by atoms with Gasteiger partial charge in [-0.25, -0.2) is 0 Å². The number of hydrogen-bond donors (Lipinski definition) is 2. The molecule has 0 aliphatic carbocycles. The first-order valence-electron chi connectivity index (χ1n) is 8.16. The summed E-state index contributed by atoms with van der Waals surface area (Å²) in [6.45, 7) is 0.529. The molecule has 0 saturated carbocycles. The highest BCUT2D eigenvalue weighted by Gasteiger charge is 2.26. The van der Waals surface area contributed by atoms with E-state index in [0.717, 1.165) is 39.0 Å².